The van der Waals surface area contributed by atoms with Crippen LogP contribution in [0.2, 0.25) is 0 Å². The highest BCUT2D eigenvalue weighted by molar-refractivity contribution is 8.00. The molecule has 0 saturated carbocycles. The zero-order valence-corrected chi connectivity index (χ0v) is 16.3. The molecule has 4 rings (SSSR count). The second-order valence-electron chi connectivity index (χ2n) is 6.67. The maximum atomic E-state index is 12.5. The number of thioether (sulfide) groups is 1. The molecule has 0 atom stereocenters. The number of nitrogens with zero attached hydrogens (tertiary/aromatic N) is 5. The number of carbonyl (C=O) groups excluding carboxylic acids is 1. The van der Waals surface area contributed by atoms with Crippen molar-refractivity contribution in [2.24, 2.45) is 0 Å². The summed E-state index contributed by atoms with van der Waals surface area (Å²) in [6, 6.07) is 11.6. The van der Waals surface area contributed by atoms with E-state index < -0.39 is 0 Å². The maximum absolute atomic E-state index is 12.5. The number of amides is 1. The van der Waals surface area contributed by atoms with Crippen LogP contribution in [0.1, 0.15) is 5.82 Å². The number of nitrogens with two attached hydrogens (primary N) is 1. The third-order valence-electron chi connectivity index (χ3n) is 4.78. The molecule has 1 amide bonds. The number of benzene rings is 1. The third-order valence-corrected chi connectivity index (χ3v) is 5.78. The quantitative estimate of drug-likeness (QED) is 0.663. The normalized spacial score (nSPS) is 15.1. The number of nitrogen functional groups attached to an aromatic ring is 1. The molecule has 2 aromatic heterocycles. The number of carbonyl (C=O) groups is 1. The highest BCUT2D eigenvalue weighted by atomic mass is 32.2. The van der Waals surface area contributed by atoms with Gasteiger partial charge >= 0.3 is 0 Å². The summed E-state index contributed by atoms with van der Waals surface area (Å²) in [6.45, 7) is 3.70. The van der Waals surface area contributed by atoms with Gasteiger partial charge in [-0.2, -0.15) is 0 Å². The Kier molecular flexibility index (Phi) is 5.68. The Bertz CT molecular complexity index is 959. The minimum absolute atomic E-state index is 0.174. The highest BCUT2D eigenvalue weighted by Crippen LogP contribution is 2.19. The van der Waals surface area contributed by atoms with Crippen LogP contribution in [0.5, 0.6) is 0 Å². The topological polar surface area (TPSA) is 88.2 Å². The van der Waals surface area contributed by atoms with Crippen LogP contribution in [-0.4, -0.2) is 62.6 Å². The molecule has 0 bridgehead atoms. The van der Waals surface area contributed by atoms with Gasteiger partial charge in [0.25, 0.3) is 0 Å². The summed E-state index contributed by atoms with van der Waals surface area (Å²) >= 11 is 1.55. The molecule has 8 heteroatoms. The molecule has 0 unspecified atom stereocenters. The summed E-state index contributed by atoms with van der Waals surface area (Å²) in [4.78, 5) is 30.8. The minimum Gasteiger partial charge on any atom is -0.383 e. The fourth-order valence-electron chi connectivity index (χ4n) is 3.25. The fraction of sp³-hybridized carbons (Fsp3) is 0.300. The molecule has 0 spiro atoms. The molecule has 3 heterocycles. The molecule has 1 aliphatic heterocycles. The number of piperazine rings is 1. The number of anilines is 1. The molecule has 144 valence electrons. The van der Waals surface area contributed by atoms with E-state index in [4.69, 9.17) is 5.73 Å². The first-order chi connectivity index (χ1) is 13.7. The molecule has 28 heavy (non-hydrogen) atoms. The van der Waals surface area contributed by atoms with Gasteiger partial charge in [0, 0.05) is 48.9 Å². The van der Waals surface area contributed by atoms with Crippen molar-refractivity contribution in [1.29, 1.82) is 0 Å². The van der Waals surface area contributed by atoms with Gasteiger partial charge in [0.15, 0.2) is 0 Å². The van der Waals surface area contributed by atoms with E-state index >= 15 is 0 Å². The molecule has 0 radical (unpaired) electrons. The SMILES string of the molecule is Nc1nc(CN2CCN(C(=O)CSc3ccncc3)CC2)nc2ccccc12. The predicted molar refractivity (Wildman–Crippen MR) is 111 cm³/mol. The number of aromatic nitrogens is 3. The smallest absolute Gasteiger partial charge is 0.233 e. The lowest BCUT2D eigenvalue weighted by molar-refractivity contribution is -0.130. The molecule has 7 nitrogen and oxygen atoms in total. The number of hydrogen-bond acceptors (Lipinski definition) is 7. The molecule has 1 aliphatic rings. The average Bonchev–Trinajstić information content (AvgIpc) is 2.73. The summed E-state index contributed by atoms with van der Waals surface area (Å²) in [5, 5.41) is 0.883. The van der Waals surface area contributed by atoms with Crippen LogP contribution in [-0.2, 0) is 11.3 Å². The summed E-state index contributed by atoms with van der Waals surface area (Å²) in [7, 11) is 0. The van der Waals surface area contributed by atoms with Gasteiger partial charge < -0.3 is 10.6 Å². The van der Waals surface area contributed by atoms with Gasteiger partial charge in [-0.05, 0) is 24.3 Å². The van der Waals surface area contributed by atoms with E-state index in [2.05, 4.69) is 19.9 Å². The standard InChI is InChI=1S/C20H22N6OS/c21-20-16-3-1-2-4-17(16)23-18(24-20)13-25-9-11-26(12-10-25)19(27)14-28-15-5-7-22-8-6-15/h1-8H,9-14H2,(H2,21,23,24). The number of rotatable bonds is 5. The first kappa shape index (κ1) is 18.6. The Labute approximate surface area is 168 Å². The molecule has 1 fully saturated rings. The summed E-state index contributed by atoms with van der Waals surface area (Å²) < 4.78 is 0. The zero-order valence-electron chi connectivity index (χ0n) is 15.5. The van der Waals surface area contributed by atoms with Crippen LogP contribution in [0, 0.1) is 0 Å². The molecular weight excluding hydrogens is 372 g/mol. The Hall–Kier alpha value is -2.71. The van der Waals surface area contributed by atoms with Crippen molar-refractivity contribution in [3.8, 4) is 0 Å². The Balaban J connectivity index is 1.30. The molecule has 1 saturated heterocycles. The van der Waals surface area contributed by atoms with E-state index in [-0.39, 0.29) is 5.91 Å². The predicted octanol–water partition coefficient (Wildman–Crippen LogP) is 2.04. The zero-order chi connectivity index (χ0) is 19.3. The van der Waals surface area contributed by atoms with Crippen molar-refractivity contribution < 1.29 is 4.79 Å². The van der Waals surface area contributed by atoms with E-state index in [9.17, 15) is 4.79 Å². The number of para-hydroxylation sites is 1. The van der Waals surface area contributed by atoms with Crippen molar-refractivity contribution in [1.82, 2.24) is 24.8 Å². The van der Waals surface area contributed by atoms with Crippen molar-refractivity contribution in [3.63, 3.8) is 0 Å². The third kappa shape index (κ3) is 4.40. The number of fused-ring (bicyclic) bond motifs is 1. The van der Waals surface area contributed by atoms with Crippen LogP contribution in [0.4, 0.5) is 5.82 Å². The maximum Gasteiger partial charge on any atom is 0.233 e. The largest absolute Gasteiger partial charge is 0.383 e. The first-order valence-electron chi connectivity index (χ1n) is 9.23. The van der Waals surface area contributed by atoms with Gasteiger partial charge in [0.05, 0.1) is 17.8 Å². The van der Waals surface area contributed by atoms with Gasteiger partial charge in [-0.15, -0.1) is 11.8 Å². The van der Waals surface area contributed by atoms with Crippen LogP contribution in [0.25, 0.3) is 10.9 Å². The number of pyridine rings is 1. The second kappa shape index (κ2) is 8.53. The Morgan fingerprint density at radius 1 is 1.04 bits per heavy atom. The van der Waals surface area contributed by atoms with Crippen LogP contribution < -0.4 is 5.73 Å². The van der Waals surface area contributed by atoms with Crippen molar-refractivity contribution in [2.45, 2.75) is 11.4 Å². The van der Waals surface area contributed by atoms with E-state index in [1.807, 2.05) is 41.3 Å². The van der Waals surface area contributed by atoms with Crippen molar-refractivity contribution in [2.75, 3.05) is 37.7 Å². The summed E-state index contributed by atoms with van der Waals surface area (Å²) in [5.41, 5.74) is 6.94. The lowest BCUT2D eigenvalue weighted by atomic mass is 10.2. The number of hydrogen-bond donors (Lipinski definition) is 1. The van der Waals surface area contributed by atoms with Gasteiger partial charge in [0.2, 0.25) is 5.91 Å². The summed E-state index contributed by atoms with van der Waals surface area (Å²) in [5.74, 6) is 1.87. The average molecular weight is 395 g/mol. The van der Waals surface area contributed by atoms with Gasteiger partial charge in [-0.3, -0.25) is 14.7 Å². The van der Waals surface area contributed by atoms with E-state index in [1.165, 1.54) is 0 Å². The van der Waals surface area contributed by atoms with Gasteiger partial charge in [-0.1, -0.05) is 12.1 Å². The lowest BCUT2D eigenvalue weighted by Crippen LogP contribution is -2.49. The van der Waals surface area contributed by atoms with Crippen LogP contribution in [0.15, 0.2) is 53.7 Å². The molecule has 2 N–H and O–H groups in total. The van der Waals surface area contributed by atoms with Crippen LogP contribution in [0.3, 0.4) is 0 Å². The van der Waals surface area contributed by atoms with Gasteiger partial charge in [-0.25, -0.2) is 9.97 Å². The first-order valence-corrected chi connectivity index (χ1v) is 10.2. The molecule has 3 aromatic rings. The monoisotopic (exact) mass is 394 g/mol. The Morgan fingerprint density at radius 3 is 2.57 bits per heavy atom. The Morgan fingerprint density at radius 2 is 1.79 bits per heavy atom. The van der Waals surface area contributed by atoms with Crippen molar-refractivity contribution in [3.05, 3.63) is 54.6 Å². The van der Waals surface area contributed by atoms with E-state index in [1.54, 1.807) is 24.2 Å². The summed E-state index contributed by atoms with van der Waals surface area (Å²) in [6.07, 6.45) is 3.49. The van der Waals surface area contributed by atoms with E-state index in [0.717, 1.165) is 47.8 Å². The van der Waals surface area contributed by atoms with E-state index in [0.29, 0.717) is 18.1 Å². The van der Waals surface area contributed by atoms with Gasteiger partial charge in [0.1, 0.15) is 11.6 Å². The molecular formula is C20H22N6OS. The minimum atomic E-state index is 0.174. The molecule has 1 aromatic carbocycles. The second-order valence-corrected chi connectivity index (χ2v) is 7.72. The molecule has 0 aliphatic carbocycles. The lowest BCUT2D eigenvalue weighted by Gasteiger charge is -2.34. The van der Waals surface area contributed by atoms with Crippen LogP contribution >= 0.6 is 11.8 Å². The van der Waals surface area contributed by atoms with Crippen molar-refractivity contribution >= 4 is 34.4 Å². The highest BCUT2D eigenvalue weighted by Gasteiger charge is 2.22. The fourth-order valence-corrected chi connectivity index (χ4v) is 4.03.